The lowest BCUT2D eigenvalue weighted by molar-refractivity contribution is -0.165. The monoisotopic (exact) mass is 308 g/mol. The molecule has 1 saturated carbocycles. The minimum Gasteiger partial charge on any atom is -0.448 e. The molecule has 114 valence electrons. The van der Waals surface area contributed by atoms with Crippen LogP contribution in [0.1, 0.15) is 44.2 Å². The van der Waals surface area contributed by atoms with Gasteiger partial charge >= 0.3 is 5.97 Å². The van der Waals surface area contributed by atoms with Crippen LogP contribution >= 0.6 is 11.3 Å². The molecule has 1 aromatic rings. The number of fused-ring (bicyclic) bond motifs is 2. The fourth-order valence-corrected chi connectivity index (χ4v) is 4.28. The van der Waals surface area contributed by atoms with Crippen molar-refractivity contribution in [3.63, 3.8) is 0 Å². The van der Waals surface area contributed by atoms with Crippen LogP contribution in [0.15, 0.2) is 0 Å². The van der Waals surface area contributed by atoms with E-state index in [1.807, 2.05) is 34.6 Å². The summed E-state index contributed by atoms with van der Waals surface area (Å²) < 4.78 is 5.56. The first kappa shape index (κ1) is 14.5. The Morgan fingerprint density at radius 1 is 1.29 bits per heavy atom. The number of esters is 1. The lowest BCUT2D eigenvalue weighted by Crippen LogP contribution is -2.50. The van der Waals surface area contributed by atoms with Gasteiger partial charge in [0.25, 0.3) is 5.91 Å². The maximum absolute atomic E-state index is 12.8. The molecule has 2 bridgehead atoms. The van der Waals surface area contributed by atoms with Crippen LogP contribution in [0.5, 0.6) is 0 Å². The van der Waals surface area contributed by atoms with Gasteiger partial charge in [-0.25, -0.2) is 4.98 Å². The molecule has 1 aromatic heterocycles. The number of nitrogens with zero attached hydrogens (tertiary/aromatic N) is 1. The second kappa shape index (κ2) is 4.06. The Balaban J connectivity index is 1.93. The number of rotatable bonds is 2. The van der Waals surface area contributed by atoms with Gasteiger partial charge < -0.3 is 4.74 Å². The molecule has 0 spiro atoms. The number of hydrogen-bond acceptors (Lipinski definition) is 5. The Kier molecular flexibility index (Phi) is 2.81. The van der Waals surface area contributed by atoms with Crippen molar-refractivity contribution in [1.82, 2.24) is 4.98 Å². The maximum Gasteiger partial charge on any atom is 0.313 e. The van der Waals surface area contributed by atoms with Crippen molar-refractivity contribution in [3.8, 4) is 0 Å². The molecule has 3 rings (SSSR count). The van der Waals surface area contributed by atoms with Gasteiger partial charge in [-0.2, -0.15) is 0 Å². The molecule has 1 saturated heterocycles. The summed E-state index contributed by atoms with van der Waals surface area (Å²) in [4.78, 5) is 30.4. The highest BCUT2D eigenvalue weighted by molar-refractivity contribution is 7.15. The molecular formula is C15H20N2O3S. The third kappa shape index (κ3) is 1.59. The molecule has 0 radical (unpaired) electrons. The van der Waals surface area contributed by atoms with Crippen LogP contribution in [-0.2, 0) is 14.3 Å². The molecule has 0 aromatic carbocycles. The molecule has 2 fully saturated rings. The van der Waals surface area contributed by atoms with E-state index in [-0.39, 0.29) is 11.9 Å². The van der Waals surface area contributed by atoms with Crippen LogP contribution in [0.25, 0.3) is 0 Å². The molecule has 2 unspecified atom stereocenters. The number of carbonyl (C=O) groups is 2. The third-order valence-corrected chi connectivity index (χ3v) is 6.69. The minimum atomic E-state index is -1.08. The summed E-state index contributed by atoms with van der Waals surface area (Å²) in [7, 11) is 0. The average molecular weight is 308 g/mol. The Hall–Kier alpha value is -1.43. The lowest BCUT2D eigenvalue weighted by atomic mass is 9.66. The zero-order chi connectivity index (χ0) is 15.6. The summed E-state index contributed by atoms with van der Waals surface area (Å²) in [5.41, 5.74) is -1.28. The van der Waals surface area contributed by atoms with Crippen molar-refractivity contribution >= 4 is 28.3 Å². The van der Waals surface area contributed by atoms with Gasteiger partial charge in [0.15, 0.2) is 10.7 Å². The van der Waals surface area contributed by atoms with E-state index in [1.165, 1.54) is 11.3 Å². The molecular weight excluding hydrogens is 288 g/mol. The second-order valence-corrected chi connectivity index (χ2v) is 7.99. The van der Waals surface area contributed by atoms with Crippen molar-refractivity contribution < 1.29 is 14.3 Å². The first-order chi connectivity index (χ1) is 9.64. The fraction of sp³-hybridized carbons (Fsp3) is 0.667. The van der Waals surface area contributed by atoms with Crippen LogP contribution in [0.2, 0.25) is 0 Å². The number of aryl methyl sites for hydroxylation is 2. The molecule has 21 heavy (non-hydrogen) atoms. The Morgan fingerprint density at radius 3 is 2.38 bits per heavy atom. The number of aromatic nitrogens is 1. The molecule has 1 amide bonds. The van der Waals surface area contributed by atoms with Crippen LogP contribution in [0.3, 0.4) is 0 Å². The van der Waals surface area contributed by atoms with E-state index in [2.05, 4.69) is 10.3 Å². The maximum atomic E-state index is 12.8. The zero-order valence-electron chi connectivity index (χ0n) is 13.0. The van der Waals surface area contributed by atoms with E-state index in [0.717, 1.165) is 10.6 Å². The standard InChI is InChI=1S/C15H20N2O3S/c1-8-9(2)21-12(16-8)17-10(18)15-7-6-14(5,11(19)20-15)13(15,3)4/h6-7H2,1-5H3,(H,16,17,18). The molecule has 2 heterocycles. The number of nitrogens with one attached hydrogen (secondary N) is 1. The van der Waals surface area contributed by atoms with Gasteiger partial charge in [0.05, 0.1) is 11.1 Å². The van der Waals surface area contributed by atoms with Gasteiger partial charge in [0.1, 0.15) is 0 Å². The summed E-state index contributed by atoms with van der Waals surface area (Å²) in [6.07, 6.45) is 1.25. The Morgan fingerprint density at radius 2 is 1.95 bits per heavy atom. The van der Waals surface area contributed by atoms with E-state index >= 15 is 0 Å². The molecule has 6 heteroatoms. The van der Waals surface area contributed by atoms with Crippen molar-refractivity contribution in [1.29, 1.82) is 0 Å². The number of ether oxygens (including phenoxy) is 1. The van der Waals surface area contributed by atoms with Gasteiger partial charge in [0, 0.05) is 10.3 Å². The summed E-state index contributed by atoms with van der Waals surface area (Å²) in [6, 6.07) is 0. The van der Waals surface area contributed by atoms with Gasteiger partial charge in [0.2, 0.25) is 0 Å². The highest BCUT2D eigenvalue weighted by Gasteiger charge is 2.75. The molecule has 1 aliphatic heterocycles. The van der Waals surface area contributed by atoms with Gasteiger partial charge in [-0.1, -0.05) is 13.8 Å². The van der Waals surface area contributed by atoms with Crippen LogP contribution in [-0.4, -0.2) is 22.5 Å². The predicted octanol–water partition coefficient (Wildman–Crippen LogP) is 2.82. The summed E-state index contributed by atoms with van der Waals surface area (Å²) >= 11 is 1.44. The molecule has 1 N–H and O–H groups in total. The summed E-state index contributed by atoms with van der Waals surface area (Å²) in [5, 5.41) is 3.42. The largest absolute Gasteiger partial charge is 0.448 e. The lowest BCUT2D eigenvalue weighted by Gasteiger charge is -2.35. The third-order valence-electron chi connectivity index (χ3n) is 5.70. The molecule has 2 aliphatic rings. The van der Waals surface area contributed by atoms with Crippen molar-refractivity contribution in [2.75, 3.05) is 5.32 Å². The molecule has 1 aliphatic carbocycles. The number of thiazole rings is 1. The van der Waals surface area contributed by atoms with Crippen molar-refractivity contribution in [2.24, 2.45) is 10.8 Å². The normalized spacial score (nSPS) is 33.1. The zero-order valence-corrected chi connectivity index (χ0v) is 13.8. The average Bonchev–Trinajstić information content (AvgIpc) is 2.85. The van der Waals surface area contributed by atoms with Crippen LogP contribution in [0.4, 0.5) is 5.13 Å². The van der Waals surface area contributed by atoms with Crippen molar-refractivity contribution in [3.05, 3.63) is 10.6 Å². The minimum absolute atomic E-state index is 0.254. The first-order valence-electron chi connectivity index (χ1n) is 7.13. The fourth-order valence-electron chi connectivity index (χ4n) is 3.47. The Bertz CT molecular complexity index is 632. The SMILES string of the molecule is Cc1nc(NC(=O)C23CCC(C)(C(=O)O2)C3(C)C)sc1C. The quantitative estimate of drug-likeness (QED) is 0.853. The topological polar surface area (TPSA) is 68.3 Å². The number of amides is 1. The Labute approximate surface area is 128 Å². The van der Waals surface area contributed by atoms with Gasteiger partial charge in [-0.3, -0.25) is 14.9 Å². The highest BCUT2D eigenvalue weighted by Crippen LogP contribution is 2.65. The smallest absolute Gasteiger partial charge is 0.313 e. The van der Waals surface area contributed by atoms with Crippen molar-refractivity contribution in [2.45, 2.75) is 53.1 Å². The van der Waals surface area contributed by atoms with Crippen LogP contribution < -0.4 is 5.32 Å². The second-order valence-electron chi connectivity index (χ2n) is 6.79. The van der Waals surface area contributed by atoms with Crippen LogP contribution in [0, 0.1) is 24.7 Å². The summed E-state index contributed by atoms with van der Waals surface area (Å²) in [6.45, 7) is 9.67. The van der Waals surface area contributed by atoms with E-state index in [9.17, 15) is 9.59 Å². The van der Waals surface area contributed by atoms with E-state index in [4.69, 9.17) is 4.74 Å². The summed E-state index contributed by atoms with van der Waals surface area (Å²) in [5.74, 6) is -0.517. The van der Waals surface area contributed by atoms with E-state index in [1.54, 1.807) is 0 Å². The molecule has 5 nitrogen and oxygen atoms in total. The highest BCUT2D eigenvalue weighted by atomic mass is 32.1. The predicted molar refractivity (Wildman–Crippen MR) is 80.2 cm³/mol. The first-order valence-corrected chi connectivity index (χ1v) is 7.95. The van der Waals surface area contributed by atoms with E-state index < -0.39 is 16.4 Å². The number of carbonyl (C=O) groups excluding carboxylic acids is 2. The van der Waals surface area contributed by atoms with Gasteiger partial charge in [-0.15, -0.1) is 11.3 Å². The van der Waals surface area contributed by atoms with Gasteiger partial charge in [-0.05, 0) is 33.6 Å². The number of anilines is 1. The van der Waals surface area contributed by atoms with E-state index in [0.29, 0.717) is 18.0 Å². The number of hydrogen-bond donors (Lipinski definition) is 1. The molecule has 2 atom stereocenters.